The molecule has 1 aromatic heterocycles. The highest BCUT2D eigenvalue weighted by molar-refractivity contribution is 14.0. The van der Waals surface area contributed by atoms with E-state index in [1.807, 2.05) is 12.1 Å². The Hall–Kier alpha value is -1.16. The molecular weight excluding hydrogens is 459 g/mol. The summed E-state index contributed by atoms with van der Waals surface area (Å²) in [5, 5.41) is 5.30. The summed E-state index contributed by atoms with van der Waals surface area (Å²) in [6, 6.07) is 12.6. The van der Waals surface area contributed by atoms with E-state index in [9.17, 15) is 0 Å². The van der Waals surface area contributed by atoms with E-state index >= 15 is 0 Å². The van der Waals surface area contributed by atoms with Crippen molar-refractivity contribution in [3.63, 3.8) is 0 Å². The third kappa shape index (κ3) is 5.94. The van der Waals surface area contributed by atoms with Gasteiger partial charge in [-0.15, -0.1) is 35.3 Å². The predicted octanol–water partition coefficient (Wildman–Crippen LogP) is 3.86. The maximum atomic E-state index is 6.11. The highest BCUT2D eigenvalue weighted by Crippen LogP contribution is 2.27. The summed E-state index contributed by atoms with van der Waals surface area (Å²) in [6.07, 6.45) is 0.253. The average Bonchev–Trinajstić information content (AvgIpc) is 3.09. The zero-order valence-electron chi connectivity index (χ0n) is 15.2. The molecule has 26 heavy (non-hydrogen) atoms. The highest BCUT2D eigenvalue weighted by atomic mass is 127. The number of nitrogens with one attached hydrogen (secondary N) is 1. The van der Waals surface area contributed by atoms with Crippen LogP contribution in [0.15, 0.2) is 46.8 Å². The van der Waals surface area contributed by atoms with Crippen molar-refractivity contribution in [2.24, 2.45) is 10.7 Å². The van der Waals surface area contributed by atoms with Crippen LogP contribution in [0.2, 0.25) is 0 Å². The number of benzene rings is 1. The number of guanidine groups is 1. The summed E-state index contributed by atoms with van der Waals surface area (Å²) in [6.45, 7) is 7.43. The topological polar surface area (TPSA) is 62.9 Å². The fraction of sp³-hybridized carbons (Fsp3) is 0.421. The number of halogens is 1. The molecule has 2 aromatic rings. The van der Waals surface area contributed by atoms with Crippen LogP contribution in [0.1, 0.15) is 23.4 Å². The fourth-order valence-electron chi connectivity index (χ4n) is 3.09. The number of hydrogen-bond acceptors (Lipinski definition) is 4. The lowest BCUT2D eigenvalue weighted by Crippen LogP contribution is -2.44. The summed E-state index contributed by atoms with van der Waals surface area (Å²) >= 11 is 1.77. The van der Waals surface area contributed by atoms with Gasteiger partial charge in [0.1, 0.15) is 0 Å². The molecule has 2 heterocycles. The van der Waals surface area contributed by atoms with Gasteiger partial charge >= 0.3 is 0 Å². The molecule has 0 aliphatic carbocycles. The number of anilines is 1. The van der Waals surface area contributed by atoms with Crippen LogP contribution < -0.4 is 11.1 Å². The van der Waals surface area contributed by atoms with E-state index < -0.39 is 0 Å². The summed E-state index contributed by atoms with van der Waals surface area (Å²) < 4.78 is 5.68. The van der Waals surface area contributed by atoms with E-state index in [1.165, 1.54) is 10.4 Å². The maximum absolute atomic E-state index is 6.11. The minimum Gasteiger partial charge on any atom is -0.376 e. The third-order valence-corrected chi connectivity index (χ3v) is 5.28. The van der Waals surface area contributed by atoms with Gasteiger partial charge in [0.05, 0.1) is 25.3 Å². The van der Waals surface area contributed by atoms with Gasteiger partial charge in [0.15, 0.2) is 5.96 Å². The smallest absolute Gasteiger partial charge is 0.193 e. The maximum Gasteiger partial charge on any atom is 0.193 e. The normalized spacial score (nSPS) is 19.6. The Balaban J connectivity index is 0.00000243. The van der Waals surface area contributed by atoms with Gasteiger partial charge in [-0.05, 0) is 43.0 Å². The molecule has 1 fully saturated rings. The van der Waals surface area contributed by atoms with E-state index in [2.05, 4.69) is 58.7 Å². The molecule has 1 aliphatic rings. The fourth-order valence-corrected chi connectivity index (χ4v) is 3.94. The summed E-state index contributed by atoms with van der Waals surface area (Å²) in [7, 11) is 0. The Morgan fingerprint density at radius 3 is 2.96 bits per heavy atom. The van der Waals surface area contributed by atoms with Gasteiger partial charge in [-0.2, -0.15) is 0 Å². The van der Waals surface area contributed by atoms with Crippen molar-refractivity contribution in [3.05, 3.63) is 52.2 Å². The Bertz CT molecular complexity index is 707. The van der Waals surface area contributed by atoms with Gasteiger partial charge < -0.3 is 15.8 Å². The van der Waals surface area contributed by atoms with Crippen molar-refractivity contribution >= 4 is 47.0 Å². The minimum atomic E-state index is 0. The number of morpholine rings is 1. The second-order valence-electron chi connectivity index (χ2n) is 6.43. The SMILES string of the molecule is Cc1cccc(NC(N)=NCC(c2cccs2)N2CCOC(C)C2)c1.I. The number of aryl methyl sites for hydroxylation is 1. The van der Waals surface area contributed by atoms with Gasteiger partial charge in [-0.1, -0.05) is 18.2 Å². The lowest BCUT2D eigenvalue weighted by atomic mass is 10.1. The van der Waals surface area contributed by atoms with Crippen molar-refractivity contribution in [2.45, 2.75) is 26.0 Å². The minimum absolute atomic E-state index is 0. The van der Waals surface area contributed by atoms with Crippen LogP contribution in [0, 0.1) is 6.92 Å². The van der Waals surface area contributed by atoms with Crippen LogP contribution in [0.4, 0.5) is 5.69 Å². The number of hydrogen-bond donors (Lipinski definition) is 2. The zero-order valence-corrected chi connectivity index (χ0v) is 18.4. The van der Waals surface area contributed by atoms with E-state index in [0.29, 0.717) is 12.5 Å². The van der Waals surface area contributed by atoms with Gasteiger partial charge in [-0.25, -0.2) is 0 Å². The van der Waals surface area contributed by atoms with Gasteiger partial charge in [-0.3, -0.25) is 9.89 Å². The van der Waals surface area contributed by atoms with Crippen LogP contribution in [-0.2, 0) is 4.74 Å². The molecule has 142 valence electrons. The second kappa shape index (κ2) is 10.2. The second-order valence-corrected chi connectivity index (χ2v) is 7.41. The molecule has 1 aliphatic heterocycles. The first-order chi connectivity index (χ1) is 12.1. The molecule has 5 nitrogen and oxygen atoms in total. The van der Waals surface area contributed by atoms with Gasteiger partial charge in [0, 0.05) is 23.7 Å². The van der Waals surface area contributed by atoms with Crippen molar-refractivity contribution in [1.29, 1.82) is 0 Å². The molecule has 7 heteroatoms. The number of nitrogens with two attached hydrogens (primary N) is 1. The molecule has 0 amide bonds. The molecule has 2 atom stereocenters. The van der Waals surface area contributed by atoms with Crippen molar-refractivity contribution in [1.82, 2.24) is 4.90 Å². The van der Waals surface area contributed by atoms with Gasteiger partial charge in [0.2, 0.25) is 0 Å². The highest BCUT2D eigenvalue weighted by Gasteiger charge is 2.26. The largest absolute Gasteiger partial charge is 0.376 e. The van der Waals surface area contributed by atoms with Crippen LogP contribution in [0.5, 0.6) is 0 Å². The Morgan fingerprint density at radius 1 is 1.42 bits per heavy atom. The van der Waals surface area contributed by atoms with Crippen molar-refractivity contribution in [2.75, 3.05) is 31.6 Å². The Kier molecular flexibility index (Phi) is 8.33. The quantitative estimate of drug-likeness (QED) is 0.383. The van der Waals surface area contributed by atoms with E-state index in [4.69, 9.17) is 10.5 Å². The monoisotopic (exact) mass is 486 g/mol. The standard InChI is InChI=1S/C19H26N4OS.HI/c1-14-5-3-6-16(11-14)22-19(20)21-12-17(18-7-4-10-25-18)23-8-9-24-15(2)13-23;/h3-7,10-11,15,17H,8-9,12-13H2,1-2H3,(H3,20,21,22);1H. The number of nitrogens with zero attached hydrogens (tertiary/aromatic N) is 2. The summed E-state index contributed by atoms with van der Waals surface area (Å²) in [5.41, 5.74) is 8.27. The number of aliphatic imine (C=N–C) groups is 1. The molecule has 0 saturated carbocycles. The number of ether oxygens (including phenoxy) is 1. The van der Waals surface area contributed by atoms with Gasteiger partial charge in [0.25, 0.3) is 0 Å². The average molecular weight is 486 g/mol. The molecule has 3 N–H and O–H groups in total. The molecule has 3 rings (SSSR count). The number of rotatable bonds is 5. The Labute approximate surface area is 176 Å². The Morgan fingerprint density at radius 2 is 2.27 bits per heavy atom. The summed E-state index contributed by atoms with van der Waals surface area (Å²) in [5.74, 6) is 0.452. The molecule has 2 unspecified atom stereocenters. The molecule has 0 spiro atoms. The van der Waals surface area contributed by atoms with E-state index in [1.54, 1.807) is 11.3 Å². The summed E-state index contributed by atoms with van der Waals surface area (Å²) in [4.78, 5) is 8.38. The molecule has 0 radical (unpaired) electrons. The third-order valence-electron chi connectivity index (χ3n) is 4.31. The van der Waals surface area contributed by atoms with E-state index in [0.717, 1.165) is 25.4 Å². The van der Waals surface area contributed by atoms with Crippen molar-refractivity contribution < 1.29 is 4.74 Å². The molecule has 1 aromatic carbocycles. The van der Waals surface area contributed by atoms with Crippen LogP contribution in [-0.4, -0.2) is 43.2 Å². The first-order valence-corrected chi connectivity index (χ1v) is 9.52. The zero-order chi connectivity index (χ0) is 17.6. The molecule has 0 bridgehead atoms. The lowest BCUT2D eigenvalue weighted by Gasteiger charge is -2.36. The molecular formula is C19H27IN4OS. The van der Waals surface area contributed by atoms with Crippen LogP contribution in [0.25, 0.3) is 0 Å². The lowest BCUT2D eigenvalue weighted by molar-refractivity contribution is -0.0327. The first-order valence-electron chi connectivity index (χ1n) is 8.64. The number of thiophene rings is 1. The predicted molar refractivity (Wildman–Crippen MR) is 121 cm³/mol. The van der Waals surface area contributed by atoms with Crippen LogP contribution >= 0.6 is 35.3 Å². The first kappa shape index (κ1) is 21.1. The van der Waals surface area contributed by atoms with Crippen LogP contribution in [0.3, 0.4) is 0 Å². The molecule has 1 saturated heterocycles. The van der Waals surface area contributed by atoms with E-state index in [-0.39, 0.29) is 36.1 Å². The van der Waals surface area contributed by atoms with Crippen molar-refractivity contribution in [3.8, 4) is 0 Å².